The topological polar surface area (TPSA) is 39.9 Å². The molecule has 116 valence electrons. The van der Waals surface area contributed by atoms with E-state index < -0.39 is 0 Å². The Bertz CT molecular complexity index is 766. The molecule has 0 amide bonds. The monoisotopic (exact) mass is 323 g/mol. The van der Waals surface area contributed by atoms with Crippen molar-refractivity contribution in [1.29, 1.82) is 0 Å². The third-order valence-electron chi connectivity index (χ3n) is 3.29. The summed E-state index contributed by atoms with van der Waals surface area (Å²) in [5.41, 5.74) is 2.22. The molecular weight excluding hydrogens is 306 g/mol. The molecule has 0 radical (unpaired) electrons. The number of ether oxygens (including phenoxy) is 1. The first-order chi connectivity index (χ1) is 11.4. The maximum atomic E-state index is 5.18. The first-order valence-corrected chi connectivity index (χ1v) is 8.24. The van der Waals surface area contributed by atoms with E-state index >= 15 is 0 Å². The number of thioether (sulfide) groups is 1. The van der Waals surface area contributed by atoms with Gasteiger partial charge in [-0.05, 0) is 29.8 Å². The predicted molar refractivity (Wildman–Crippen MR) is 94.1 cm³/mol. The van der Waals surface area contributed by atoms with Gasteiger partial charge >= 0.3 is 0 Å². The fourth-order valence-corrected chi connectivity index (χ4v) is 2.85. The van der Waals surface area contributed by atoms with Gasteiger partial charge in [-0.25, -0.2) is 0 Å². The number of methoxy groups -OCH3 is 1. The molecule has 0 N–H and O–H groups in total. The Balaban J connectivity index is 1.65. The first kappa shape index (κ1) is 15.4. The molecule has 3 aromatic rings. The van der Waals surface area contributed by atoms with Crippen LogP contribution in [0, 0.1) is 0 Å². The van der Waals surface area contributed by atoms with Gasteiger partial charge in [-0.15, -0.1) is 10.2 Å². The van der Waals surface area contributed by atoms with Gasteiger partial charge in [-0.3, -0.25) is 4.57 Å². The summed E-state index contributed by atoms with van der Waals surface area (Å²) in [5, 5.41) is 9.07. The standard InChI is InChI=1S/C18H17N3OS/c1-22-17-11-9-16(10-12-17)21-14-19-20-18(21)23-13-5-8-15-6-3-2-4-7-15/h2-12,14H,13H2,1H3/b8-5+. The first-order valence-electron chi connectivity index (χ1n) is 7.25. The lowest BCUT2D eigenvalue weighted by atomic mass is 10.2. The van der Waals surface area contributed by atoms with E-state index in [-0.39, 0.29) is 0 Å². The van der Waals surface area contributed by atoms with E-state index in [1.807, 2.05) is 47.0 Å². The molecule has 0 aliphatic heterocycles. The maximum absolute atomic E-state index is 5.18. The van der Waals surface area contributed by atoms with Gasteiger partial charge in [0, 0.05) is 11.4 Å². The number of hydrogen-bond acceptors (Lipinski definition) is 4. The van der Waals surface area contributed by atoms with Crippen LogP contribution in [-0.2, 0) is 0 Å². The summed E-state index contributed by atoms with van der Waals surface area (Å²) in [6.45, 7) is 0. The van der Waals surface area contributed by atoms with Crippen LogP contribution in [0.4, 0.5) is 0 Å². The highest BCUT2D eigenvalue weighted by molar-refractivity contribution is 7.99. The fraction of sp³-hybridized carbons (Fsp3) is 0.111. The van der Waals surface area contributed by atoms with Gasteiger partial charge in [0.1, 0.15) is 12.1 Å². The van der Waals surface area contributed by atoms with Gasteiger partial charge < -0.3 is 4.74 Å². The summed E-state index contributed by atoms with van der Waals surface area (Å²) in [6, 6.07) is 18.1. The number of aromatic nitrogens is 3. The summed E-state index contributed by atoms with van der Waals surface area (Å²) >= 11 is 1.65. The van der Waals surface area contributed by atoms with E-state index in [1.54, 1.807) is 25.2 Å². The molecule has 4 nitrogen and oxygen atoms in total. The van der Waals surface area contributed by atoms with Gasteiger partial charge in [0.2, 0.25) is 0 Å². The third-order valence-corrected chi connectivity index (χ3v) is 4.18. The van der Waals surface area contributed by atoms with E-state index in [2.05, 4.69) is 34.5 Å². The zero-order valence-electron chi connectivity index (χ0n) is 12.8. The largest absolute Gasteiger partial charge is 0.497 e. The molecule has 0 saturated heterocycles. The van der Waals surface area contributed by atoms with Crippen molar-refractivity contribution in [2.75, 3.05) is 12.9 Å². The highest BCUT2D eigenvalue weighted by Crippen LogP contribution is 2.21. The number of rotatable bonds is 6. The average Bonchev–Trinajstić information content (AvgIpc) is 3.08. The van der Waals surface area contributed by atoms with E-state index in [0.29, 0.717) is 0 Å². The van der Waals surface area contributed by atoms with Crippen molar-refractivity contribution in [3.05, 3.63) is 72.6 Å². The number of nitrogens with zero attached hydrogens (tertiary/aromatic N) is 3. The molecule has 0 saturated carbocycles. The minimum absolute atomic E-state index is 0.835. The molecule has 0 fully saturated rings. The molecule has 0 bridgehead atoms. The minimum atomic E-state index is 0.835. The molecule has 0 aliphatic rings. The Morgan fingerprint density at radius 3 is 2.61 bits per heavy atom. The Labute approximate surface area is 139 Å². The smallest absolute Gasteiger partial charge is 0.195 e. The Morgan fingerprint density at radius 2 is 1.87 bits per heavy atom. The number of benzene rings is 2. The van der Waals surface area contributed by atoms with E-state index in [4.69, 9.17) is 4.74 Å². The fourth-order valence-electron chi connectivity index (χ4n) is 2.11. The van der Waals surface area contributed by atoms with E-state index in [9.17, 15) is 0 Å². The molecule has 2 aromatic carbocycles. The molecule has 0 aliphatic carbocycles. The minimum Gasteiger partial charge on any atom is -0.497 e. The molecule has 1 heterocycles. The van der Waals surface area contributed by atoms with Crippen LogP contribution in [0.15, 0.2) is 72.2 Å². The highest BCUT2D eigenvalue weighted by atomic mass is 32.2. The van der Waals surface area contributed by atoms with Gasteiger partial charge in [0.05, 0.1) is 7.11 Å². The SMILES string of the molecule is COc1ccc(-n2cnnc2SC/C=C/c2ccccc2)cc1. The Morgan fingerprint density at radius 1 is 1.09 bits per heavy atom. The summed E-state index contributed by atoms with van der Waals surface area (Å²) in [5.74, 6) is 1.67. The zero-order valence-corrected chi connectivity index (χ0v) is 13.6. The van der Waals surface area contributed by atoms with E-state index in [1.165, 1.54) is 5.56 Å². The second kappa shape index (κ2) is 7.65. The Kier molecular flexibility index (Phi) is 5.11. The van der Waals surface area contributed by atoms with Crippen molar-refractivity contribution in [2.24, 2.45) is 0 Å². The van der Waals surface area contributed by atoms with Crippen LogP contribution in [-0.4, -0.2) is 27.6 Å². The molecule has 3 rings (SSSR count). The van der Waals surface area contributed by atoms with Gasteiger partial charge in [-0.2, -0.15) is 0 Å². The van der Waals surface area contributed by atoms with Crippen LogP contribution in [0.1, 0.15) is 5.56 Å². The van der Waals surface area contributed by atoms with Gasteiger partial charge in [0.25, 0.3) is 0 Å². The molecule has 0 spiro atoms. The van der Waals surface area contributed by atoms with Gasteiger partial charge in [0.15, 0.2) is 5.16 Å². The normalized spacial score (nSPS) is 11.0. The van der Waals surface area contributed by atoms with Gasteiger partial charge in [-0.1, -0.05) is 54.2 Å². The summed E-state index contributed by atoms with van der Waals surface area (Å²) in [6.07, 6.45) is 5.97. The van der Waals surface area contributed by atoms with Crippen LogP contribution < -0.4 is 4.74 Å². The molecule has 1 aromatic heterocycles. The lowest BCUT2D eigenvalue weighted by Gasteiger charge is -2.06. The summed E-state index contributed by atoms with van der Waals surface area (Å²) in [4.78, 5) is 0. The number of hydrogen-bond donors (Lipinski definition) is 0. The lowest BCUT2D eigenvalue weighted by molar-refractivity contribution is 0.414. The lowest BCUT2D eigenvalue weighted by Crippen LogP contribution is -1.95. The Hall–Kier alpha value is -2.53. The average molecular weight is 323 g/mol. The molecule has 0 unspecified atom stereocenters. The molecule has 0 atom stereocenters. The highest BCUT2D eigenvalue weighted by Gasteiger charge is 2.06. The van der Waals surface area contributed by atoms with Crippen molar-refractivity contribution < 1.29 is 4.74 Å². The van der Waals surface area contributed by atoms with Crippen LogP contribution in [0.25, 0.3) is 11.8 Å². The summed E-state index contributed by atoms with van der Waals surface area (Å²) < 4.78 is 7.16. The van der Waals surface area contributed by atoms with Crippen molar-refractivity contribution >= 4 is 17.8 Å². The van der Waals surface area contributed by atoms with Crippen molar-refractivity contribution in [1.82, 2.24) is 14.8 Å². The molecular formula is C18H17N3OS. The maximum Gasteiger partial charge on any atom is 0.195 e. The third kappa shape index (κ3) is 4.02. The summed E-state index contributed by atoms with van der Waals surface area (Å²) in [7, 11) is 1.66. The van der Waals surface area contributed by atoms with Crippen LogP contribution >= 0.6 is 11.8 Å². The van der Waals surface area contributed by atoms with Crippen molar-refractivity contribution in [3.63, 3.8) is 0 Å². The van der Waals surface area contributed by atoms with Crippen LogP contribution in [0.3, 0.4) is 0 Å². The van der Waals surface area contributed by atoms with E-state index in [0.717, 1.165) is 22.3 Å². The quantitative estimate of drug-likeness (QED) is 0.641. The predicted octanol–water partition coefficient (Wildman–Crippen LogP) is 4.08. The second-order valence-electron chi connectivity index (χ2n) is 4.81. The van der Waals surface area contributed by atoms with Crippen molar-refractivity contribution in [2.45, 2.75) is 5.16 Å². The van der Waals surface area contributed by atoms with Crippen LogP contribution in [0.5, 0.6) is 5.75 Å². The molecule has 23 heavy (non-hydrogen) atoms. The zero-order chi connectivity index (χ0) is 15.9. The van der Waals surface area contributed by atoms with Crippen molar-refractivity contribution in [3.8, 4) is 11.4 Å². The van der Waals surface area contributed by atoms with Crippen LogP contribution in [0.2, 0.25) is 0 Å². The second-order valence-corrected chi connectivity index (χ2v) is 5.79. The molecule has 5 heteroatoms.